The Labute approximate surface area is 143 Å². The highest BCUT2D eigenvalue weighted by atomic mass is 32.1. The maximum absolute atomic E-state index is 12.4. The lowest BCUT2D eigenvalue weighted by molar-refractivity contribution is -0.918. The molecular weight excluding hydrogens is 322 g/mol. The number of aromatic nitrogens is 4. The van der Waals surface area contributed by atoms with Crippen LogP contribution >= 0.6 is 11.3 Å². The Balaban J connectivity index is 1.46. The summed E-state index contributed by atoms with van der Waals surface area (Å²) in [6, 6.07) is 14.2. The first-order valence-corrected chi connectivity index (χ1v) is 8.84. The van der Waals surface area contributed by atoms with E-state index in [0.29, 0.717) is 6.67 Å². The second-order valence-electron chi connectivity index (χ2n) is 5.83. The van der Waals surface area contributed by atoms with E-state index in [2.05, 4.69) is 40.8 Å². The van der Waals surface area contributed by atoms with Crippen LogP contribution in [0.4, 0.5) is 0 Å². The maximum atomic E-state index is 12.4. The largest absolute Gasteiger partial charge is 0.374 e. The van der Waals surface area contributed by atoms with E-state index in [-0.39, 0.29) is 5.69 Å². The number of nitrogens with zero attached hydrogens (tertiary/aromatic N) is 4. The highest BCUT2D eigenvalue weighted by Gasteiger charge is 2.19. The summed E-state index contributed by atoms with van der Waals surface area (Å²) in [5.41, 5.74) is 2.49. The fourth-order valence-corrected chi connectivity index (χ4v) is 3.62. The molecule has 7 heteroatoms. The van der Waals surface area contributed by atoms with Gasteiger partial charge in [-0.05, 0) is 45.2 Å². The van der Waals surface area contributed by atoms with Crippen molar-refractivity contribution in [3.05, 3.63) is 70.0 Å². The monoisotopic (exact) mass is 340 g/mol. The SMILES string of the molecule is O=c1n(C[NH+]2CC=C(c3ccccc3)CC2)nnn1-c1cccs1. The van der Waals surface area contributed by atoms with Crippen LogP contribution in [0.3, 0.4) is 0 Å². The molecule has 1 aliphatic heterocycles. The van der Waals surface area contributed by atoms with E-state index in [0.717, 1.165) is 24.5 Å². The molecular formula is C17H18N5OS+. The van der Waals surface area contributed by atoms with Crippen molar-refractivity contribution in [3.8, 4) is 5.00 Å². The van der Waals surface area contributed by atoms with Crippen molar-refractivity contribution in [2.45, 2.75) is 13.1 Å². The van der Waals surface area contributed by atoms with Gasteiger partial charge in [0.15, 0.2) is 6.67 Å². The van der Waals surface area contributed by atoms with Gasteiger partial charge in [-0.2, -0.15) is 0 Å². The molecule has 1 atom stereocenters. The summed E-state index contributed by atoms with van der Waals surface area (Å²) in [6.45, 7) is 2.42. The molecule has 0 aliphatic carbocycles. The average Bonchev–Trinajstić information content (AvgIpc) is 3.27. The van der Waals surface area contributed by atoms with Gasteiger partial charge in [-0.3, -0.25) is 0 Å². The minimum atomic E-state index is -0.178. The lowest BCUT2D eigenvalue weighted by Gasteiger charge is -2.22. The van der Waals surface area contributed by atoms with Gasteiger partial charge in [0.1, 0.15) is 5.00 Å². The summed E-state index contributed by atoms with van der Waals surface area (Å²) in [5, 5.41) is 10.7. The summed E-state index contributed by atoms with van der Waals surface area (Å²) in [5.74, 6) is 0. The number of tetrazole rings is 1. The Morgan fingerprint density at radius 3 is 2.71 bits per heavy atom. The Kier molecular flexibility index (Phi) is 4.10. The number of thiophene rings is 1. The Hall–Kier alpha value is -2.51. The average molecular weight is 340 g/mol. The van der Waals surface area contributed by atoms with Crippen LogP contribution in [0, 0.1) is 0 Å². The smallest absolute Gasteiger partial charge is 0.313 e. The molecule has 0 spiro atoms. The summed E-state index contributed by atoms with van der Waals surface area (Å²) in [6.07, 6.45) is 3.27. The van der Waals surface area contributed by atoms with E-state index in [1.54, 1.807) is 0 Å². The second kappa shape index (κ2) is 6.54. The van der Waals surface area contributed by atoms with Crippen molar-refractivity contribution in [1.29, 1.82) is 0 Å². The molecule has 0 saturated heterocycles. The predicted octanol–water partition coefficient (Wildman–Crippen LogP) is 0.820. The van der Waals surface area contributed by atoms with Gasteiger partial charge in [0.05, 0.1) is 13.1 Å². The molecule has 2 aromatic heterocycles. The highest BCUT2D eigenvalue weighted by Crippen LogP contribution is 2.17. The first-order valence-electron chi connectivity index (χ1n) is 7.96. The third-order valence-corrected chi connectivity index (χ3v) is 5.10. The molecule has 0 bridgehead atoms. The van der Waals surface area contributed by atoms with Crippen LogP contribution < -0.4 is 10.6 Å². The zero-order valence-electron chi connectivity index (χ0n) is 13.1. The lowest BCUT2D eigenvalue weighted by atomic mass is 10.00. The van der Waals surface area contributed by atoms with E-state index < -0.39 is 0 Å². The minimum absolute atomic E-state index is 0.178. The molecule has 24 heavy (non-hydrogen) atoms. The summed E-state index contributed by atoms with van der Waals surface area (Å²) in [7, 11) is 0. The number of quaternary nitrogens is 1. The Bertz CT molecular complexity index is 895. The molecule has 0 fully saturated rings. The van der Waals surface area contributed by atoms with Crippen LogP contribution in [-0.2, 0) is 6.67 Å². The number of nitrogens with one attached hydrogen (secondary N) is 1. The van der Waals surface area contributed by atoms with E-state index >= 15 is 0 Å². The molecule has 1 aromatic carbocycles. The van der Waals surface area contributed by atoms with Crippen molar-refractivity contribution < 1.29 is 4.90 Å². The quantitative estimate of drug-likeness (QED) is 0.765. The second-order valence-corrected chi connectivity index (χ2v) is 6.76. The van der Waals surface area contributed by atoms with Crippen molar-refractivity contribution >= 4 is 16.9 Å². The fraction of sp³-hybridized carbons (Fsp3) is 0.235. The van der Waals surface area contributed by atoms with Crippen LogP contribution in [0.1, 0.15) is 12.0 Å². The van der Waals surface area contributed by atoms with E-state index in [4.69, 9.17) is 0 Å². The Morgan fingerprint density at radius 2 is 2.00 bits per heavy atom. The molecule has 1 N–H and O–H groups in total. The zero-order valence-corrected chi connectivity index (χ0v) is 13.9. The lowest BCUT2D eigenvalue weighted by Crippen LogP contribution is -3.12. The van der Waals surface area contributed by atoms with Gasteiger partial charge in [-0.15, -0.1) is 20.7 Å². The first-order chi connectivity index (χ1) is 11.8. The molecule has 6 nitrogen and oxygen atoms in total. The zero-order chi connectivity index (χ0) is 16.4. The molecule has 3 aromatic rings. The van der Waals surface area contributed by atoms with Crippen molar-refractivity contribution in [2.75, 3.05) is 13.1 Å². The van der Waals surface area contributed by atoms with Crippen molar-refractivity contribution in [2.24, 2.45) is 0 Å². The standard InChI is InChI=1S/C17H17N5OS/c23-17-21(18-19-22(17)16-7-4-12-24-16)13-20-10-8-15(9-11-20)14-5-2-1-3-6-14/h1-8,12H,9-11,13H2/p+1. The predicted molar refractivity (Wildman–Crippen MR) is 93.2 cm³/mol. The fourth-order valence-electron chi connectivity index (χ4n) is 2.96. The first kappa shape index (κ1) is 15.0. The summed E-state index contributed by atoms with van der Waals surface area (Å²) < 4.78 is 2.82. The topological polar surface area (TPSA) is 57.1 Å². The molecule has 1 unspecified atom stereocenters. The normalized spacial score (nSPS) is 17.7. The minimum Gasteiger partial charge on any atom is -0.313 e. The maximum Gasteiger partial charge on any atom is 0.374 e. The van der Waals surface area contributed by atoms with Gasteiger partial charge in [0, 0.05) is 6.42 Å². The molecule has 0 radical (unpaired) electrons. The van der Waals surface area contributed by atoms with Gasteiger partial charge in [-0.25, -0.2) is 4.79 Å². The molecule has 0 amide bonds. The summed E-state index contributed by atoms with van der Waals surface area (Å²) >= 11 is 1.48. The Morgan fingerprint density at radius 1 is 1.12 bits per heavy atom. The summed E-state index contributed by atoms with van der Waals surface area (Å²) in [4.78, 5) is 13.7. The van der Waals surface area contributed by atoms with E-state index in [1.165, 1.54) is 36.7 Å². The number of benzene rings is 1. The van der Waals surface area contributed by atoms with Crippen LogP contribution in [0.2, 0.25) is 0 Å². The van der Waals surface area contributed by atoms with Crippen LogP contribution in [-0.4, -0.2) is 32.9 Å². The molecule has 0 saturated carbocycles. The van der Waals surface area contributed by atoms with Gasteiger partial charge in [-0.1, -0.05) is 30.3 Å². The van der Waals surface area contributed by atoms with Crippen LogP contribution in [0.25, 0.3) is 10.6 Å². The van der Waals surface area contributed by atoms with Crippen molar-refractivity contribution in [1.82, 2.24) is 19.8 Å². The molecule has 4 rings (SSSR count). The van der Waals surface area contributed by atoms with E-state index in [1.807, 2.05) is 23.6 Å². The number of hydrogen-bond acceptors (Lipinski definition) is 4. The van der Waals surface area contributed by atoms with Crippen LogP contribution in [0.15, 0.2) is 58.7 Å². The van der Waals surface area contributed by atoms with E-state index in [9.17, 15) is 4.79 Å². The molecule has 3 heterocycles. The highest BCUT2D eigenvalue weighted by molar-refractivity contribution is 7.12. The van der Waals surface area contributed by atoms with Crippen LogP contribution in [0.5, 0.6) is 0 Å². The number of rotatable bonds is 4. The van der Waals surface area contributed by atoms with Crippen molar-refractivity contribution in [3.63, 3.8) is 0 Å². The third kappa shape index (κ3) is 2.95. The van der Waals surface area contributed by atoms with Gasteiger partial charge in [0.25, 0.3) is 0 Å². The van der Waals surface area contributed by atoms with Gasteiger partial charge in [0.2, 0.25) is 0 Å². The molecule has 1 aliphatic rings. The molecule has 122 valence electrons. The number of hydrogen-bond donors (Lipinski definition) is 1. The van der Waals surface area contributed by atoms with Gasteiger partial charge >= 0.3 is 5.69 Å². The van der Waals surface area contributed by atoms with Gasteiger partial charge < -0.3 is 4.90 Å². The third-order valence-electron chi connectivity index (χ3n) is 4.26.